The molecule has 1 N–H and O–H groups in total. The van der Waals surface area contributed by atoms with Gasteiger partial charge < -0.3 is 10.2 Å². The molecule has 6 heteroatoms. The molecule has 2 aliphatic rings. The van der Waals surface area contributed by atoms with E-state index >= 15 is 0 Å². The molecule has 2 aliphatic heterocycles. The summed E-state index contributed by atoms with van der Waals surface area (Å²) in [7, 11) is 0. The summed E-state index contributed by atoms with van der Waals surface area (Å²) < 4.78 is 1.96. The molecule has 1 amide bonds. The van der Waals surface area contributed by atoms with Crippen molar-refractivity contribution in [2.24, 2.45) is 0 Å². The third-order valence-electron chi connectivity index (χ3n) is 4.89. The molecule has 6 nitrogen and oxygen atoms in total. The molecule has 0 aliphatic carbocycles. The largest absolute Gasteiger partial charge is 0.339 e. The van der Waals surface area contributed by atoms with Gasteiger partial charge in [-0.3, -0.25) is 4.79 Å². The summed E-state index contributed by atoms with van der Waals surface area (Å²) >= 11 is 0. The van der Waals surface area contributed by atoms with E-state index in [0.717, 1.165) is 49.6 Å². The average Bonchev–Trinajstić information content (AvgIpc) is 2.96. The average molecular weight is 325 g/mol. The van der Waals surface area contributed by atoms with Gasteiger partial charge in [0.1, 0.15) is 5.82 Å². The van der Waals surface area contributed by atoms with E-state index in [1.54, 1.807) is 0 Å². The molecule has 1 atom stereocenters. The van der Waals surface area contributed by atoms with Crippen molar-refractivity contribution in [1.82, 2.24) is 25.0 Å². The van der Waals surface area contributed by atoms with Crippen LogP contribution in [-0.2, 0) is 17.8 Å². The predicted molar refractivity (Wildman–Crippen MR) is 91.4 cm³/mol. The number of nitrogens with one attached hydrogen (secondary N) is 1. The second kappa shape index (κ2) is 6.73. The normalized spacial score (nSPS) is 21.2. The Morgan fingerprint density at radius 1 is 1.12 bits per heavy atom. The van der Waals surface area contributed by atoms with Gasteiger partial charge in [0.05, 0.1) is 12.6 Å². The van der Waals surface area contributed by atoms with Crippen molar-refractivity contribution in [3.8, 4) is 11.4 Å². The summed E-state index contributed by atoms with van der Waals surface area (Å²) in [6, 6.07) is 10.0. The van der Waals surface area contributed by atoms with Gasteiger partial charge in [0, 0.05) is 25.1 Å². The molecule has 4 rings (SSSR count). The summed E-state index contributed by atoms with van der Waals surface area (Å²) in [5, 5.41) is 7.99. The highest BCUT2D eigenvalue weighted by Crippen LogP contribution is 2.18. The SMILES string of the molecule is O=C([C@H]1CCCCN1)N1CCc2nc(-c3ccccc3)nn2CC1. The van der Waals surface area contributed by atoms with Crippen LogP contribution in [0.5, 0.6) is 0 Å². The molecule has 126 valence electrons. The van der Waals surface area contributed by atoms with Crippen molar-refractivity contribution in [3.63, 3.8) is 0 Å². The van der Waals surface area contributed by atoms with E-state index in [9.17, 15) is 4.79 Å². The fraction of sp³-hybridized carbons (Fsp3) is 0.500. The number of aromatic nitrogens is 3. The van der Waals surface area contributed by atoms with Crippen molar-refractivity contribution < 1.29 is 4.79 Å². The van der Waals surface area contributed by atoms with Crippen molar-refractivity contribution in [2.45, 2.75) is 38.3 Å². The zero-order valence-electron chi connectivity index (χ0n) is 13.8. The van der Waals surface area contributed by atoms with Gasteiger partial charge in [-0.2, -0.15) is 5.10 Å². The highest BCUT2D eigenvalue weighted by atomic mass is 16.2. The zero-order valence-corrected chi connectivity index (χ0v) is 13.8. The van der Waals surface area contributed by atoms with Crippen LogP contribution in [0.4, 0.5) is 0 Å². The van der Waals surface area contributed by atoms with Gasteiger partial charge >= 0.3 is 0 Å². The topological polar surface area (TPSA) is 63.1 Å². The van der Waals surface area contributed by atoms with Gasteiger partial charge in [0.2, 0.25) is 5.91 Å². The van der Waals surface area contributed by atoms with Crippen molar-refractivity contribution in [3.05, 3.63) is 36.2 Å². The summed E-state index contributed by atoms with van der Waals surface area (Å²) in [5.74, 6) is 1.99. The first kappa shape index (κ1) is 15.3. The monoisotopic (exact) mass is 325 g/mol. The summed E-state index contributed by atoms with van der Waals surface area (Å²) in [5.41, 5.74) is 1.04. The Morgan fingerprint density at radius 2 is 2.00 bits per heavy atom. The number of benzene rings is 1. The standard InChI is InChI=1S/C18H23N5O/c24-18(15-8-4-5-10-19-15)22-11-9-16-20-17(21-23(16)13-12-22)14-6-2-1-3-7-14/h1-3,6-7,15,19H,4-5,8-13H2/t15-/m1/s1. The third kappa shape index (κ3) is 3.06. The molecule has 0 saturated carbocycles. The first-order valence-corrected chi connectivity index (χ1v) is 8.82. The molecular formula is C18H23N5O. The molecule has 1 aromatic carbocycles. The number of rotatable bonds is 2. The number of fused-ring (bicyclic) bond motifs is 1. The van der Waals surface area contributed by atoms with Gasteiger partial charge in [0.25, 0.3) is 0 Å². The number of amides is 1. The lowest BCUT2D eigenvalue weighted by atomic mass is 10.0. The van der Waals surface area contributed by atoms with Gasteiger partial charge in [-0.05, 0) is 19.4 Å². The Labute approximate surface area is 141 Å². The molecule has 1 saturated heterocycles. The predicted octanol–water partition coefficient (Wildman–Crippen LogP) is 1.47. The molecule has 0 unspecified atom stereocenters. The van der Waals surface area contributed by atoms with Crippen LogP contribution >= 0.6 is 0 Å². The first-order chi connectivity index (χ1) is 11.8. The van der Waals surface area contributed by atoms with E-state index in [4.69, 9.17) is 0 Å². The summed E-state index contributed by atoms with van der Waals surface area (Å²) in [6.45, 7) is 3.10. The van der Waals surface area contributed by atoms with Gasteiger partial charge in [-0.25, -0.2) is 9.67 Å². The molecule has 24 heavy (non-hydrogen) atoms. The number of carbonyl (C=O) groups is 1. The van der Waals surface area contributed by atoms with E-state index < -0.39 is 0 Å². The number of carbonyl (C=O) groups excluding carboxylic acids is 1. The van der Waals surface area contributed by atoms with Crippen LogP contribution in [0.3, 0.4) is 0 Å². The molecule has 3 heterocycles. The Morgan fingerprint density at radius 3 is 2.79 bits per heavy atom. The molecular weight excluding hydrogens is 302 g/mol. The molecule has 0 spiro atoms. The Hall–Kier alpha value is -2.21. The van der Waals surface area contributed by atoms with Crippen molar-refractivity contribution >= 4 is 5.91 Å². The second-order valence-corrected chi connectivity index (χ2v) is 6.52. The summed E-state index contributed by atoms with van der Waals surface area (Å²) in [6.07, 6.45) is 4.03. The number of hydrogen-bond acceptors (Lipinski definition) is 4. The molecule has 0 bridgehead atoms. The first-order valence-electron chi connectivity index (χ1n) is 8.82. The minimum Gasteiger partial charge on any atom is -0.339 e. The van der Waals surface area contributed by atoms with E-state index in [2.05, 4.69) is 15.4 Å². The van der Waals surface area contributed by atoms with Crippen molar-refractivity contribution in [2.75, 3.05) is 19.6 Å². The Kier molecular flexibility index (Phi) is 4.30. The van der Waals surface area contributed by atoms with E-state index in [1.807, 2.05) is 39.9 Å². The van der Waals surface area contributed by atoms with Crippen LogP contribution in [0.25, 0.3) is 11.4 Å². The molecule has 0 radical (unpaired) electrons. The lowest BCUT2D eigenvalue weighted by molar-refractivity contribution is -0.134. The number of piperidine rings is 1. The van der Waals surface area contributed by atoms with Crippen LogP contribution in [0.2, 0.25) is 0 Å². The van der Waals surface area contributed by atoms with Crippen LogP contribution in [0, 0.1) is 0 Å². The fourth-order valence-corrected chi connectivity index (χ4v) is 3.51. The third-order valence-corrected chi connectivity index (χ3v) is 4.89. The second-order valence-electron chi connectivity index (χ2n) is 6.52. The van der Waals surface area contributed by atoms with Crippen LogP contribution < -0.4 is 5.32 Å². The lowest BCUT2D eigenvalue weighted by Crippen LogP contribution is -2.49. The fourth-order valence-electron chi connectivity index (χ4n) is 3.51. The van der Waals surface area contributed by atoms with Crippen LogP contribution in [0.15, 0.2) is 30.3 Å². The molecule has 1 fully saturated rings. The van der Waals surface area contributed by atoms with Gasteiger partial charge in [0.15, 0.2) is 5.82 Å². The van der Waals surface area contributed by atoms with E-state index in [0.29, 0.717) is 13.1 Å². The van der Waals surface area contributed by atoms with E-state index in [-0.39, 0.29) is 11.9 Å². The number of nitrogens with zero attached hydrogens (tertiary/aromatic N) is 4. The lowest BCUT2D eigenvalue weighted by Gasteiger charge is -2.29. The number of hydrogen-bond donors (Lipinski definition) is 1. The Bertz CT molecular complexity index is 680. The maximum absolute atomic E-state index is 12.7. The smallest absolute Gasteiger partial charge is 0.239 e. The van der Waals surface area contributed by atoms with Gasteiger partial charge in [-0.1, -0.05) is 36.8 Å². The molecule has 2 aromatic rings. The zero-order chi connectivity index (χ0) is 16.4. The maximum Gasteiger partial charge on any atom is 0.239 e. The quantitative estimate of drug-likeness (QED) is 0.908. The van der Waals surface area contributed by atoms with Gasteiger partial charge in [-0.15, -0.1) is 0 Å². The highest BCUT2D eigenvalue weighted by Gasteiger charge is 2.27. The maximum atomic E-state index is 12.7. The van der Waals surface area contributed by atoms with E-state index in [1.165, 1.54) is 6.42 Å². The van der Waals surface area contributed by atoms with Crippen molar-refractivity contribution in [1.29, 1.82) is 0 Å². The summed E-state index contributed by atoms with van der Waals surface area (Å²) in [4.78, 5) is 19.3. The van der Waals surface area contributed by atoms with Crippen LogP contribution in [-0.4, -0.2) is 51.2 Å². The highest BCUT2D eigenvalue weighted by molar-refractivity contribution is 5.82. The van der Waals surface area contributed by atoms with Crippen LogP contribution in [0.1, 0.15) is 25.1 Å². The Balaban J connectivity index is 1.45. The minimum absolute atomic E-state index is 0.00277. The molecule has 1 aromatic heterocycles. The minimum atomic E-state index is -0.00277.